The van der Waals surface area contributed by atoms with Gasteiger partial charge in [0, 0.05) is 5.69 Å². The smallest absolute Gasteiger partial charge is 0.188 e. The van der Waals surface area contributed by atoms with Crippen LogP contribution in [0.3, 0.4) is 0 Å². The fourth-order valence-electron chi connectivity index (χ4n) is 1.71. The van der Waals surface area contributed by atoms with E-state index in [2.05, 4.69) is 9.97 Å². The lowest BCUT2D eigenvalue weighted by Gasteiger charge is -2.17. The molecule has 2 aromatic heterocycles. The first-order valence-corrected chi connectivity index (χ1v) is 4.75. The number of aromatic nitrogens is 2. The topological polar surface area (TPSA) is 67.4 Å². The maximum absolute atomic E-state index is 9.01. The molecule has 5 heteroatoms. The Morgan fingerprint density at radius 1 is 1.40 bits per heavy atom. The van der Waals surface area contributed by atoms with Crippen molar-refractivity contribution in [3.63, 3.8) is 0 Å². The highest BCUT2D eigenvalue weighted by Crippen LogP contribution is 2.35. The van der Waals surface area contributed by atoms with E-state index in [-0.39, 0.29) is 6.61 Å². The van der Waals surface area contributed by atoms with Gasteiger partial charge in [-0.3, -0.25) is 4.98 Å². The van der Waals surface area contributed by atoms with Crippen LogP contribution in [0.5, 0.6) is 11.5 Å². The Hall–Kier alpha value is -1.75. The zero-order valence-electron chi connectivity index (χ0n) is 7.99. The van der Waals surface area contributed by atoms with Gasteiger partial charge in [0.05, 0.1) is 18.3 Å². The van der Waals surface area contributed by atoms with E-state index in [9.17, 15) is 0 Å². The van der Waals surface area contributed by atoms with Gasteiger partial charge >= 0.3 is 0 Å². The summed E-state index contributed by atoms with van der Waals surface area (Å²) in [4.78, 5) is 7.27. The predicted molar refractivity (Wildman–Crippen MR) is 53.0 cm³/mol. The molecule has 0 bridgehead atoms. The van der Waals surface area contributed by atoms with E-state index in [0.717, 1.165) is 16.7 Å². The molecule has 0 aromatic carbocycles. The number of nitrogens with zero attached hydrogens (tertiary/aromatic N) is 1. The fraction of sp³-hybridized carbons (Fsp3) is 0.300. The number of fused-ring (bicyclic) bond motifs is 3. The number of ether oxygens (including phenoxy) is 2. The molecule has 0 unspecified atom stereocenters. The van der Waals surface area contributed by atoms with Crippen LogP contribution >= 0.6 is 0 Å². The van der Waals surface area contributed by atoms with Crippen molar-refractivity contribution in [3.05, 3.63) is 18.0 Å². The zero-order chi connectivity index (χ0) is 10.3. The van der Waals surface area contributed by atoms with Gasteiger partial charge in [-0.05, 0) is 6.07 Å². The van der Waals surface area contributed by atoms with E-state index in [1.807, 2.05) is 0 Å². The lowest BCUT2D eigenvalue weighted by Crippen LogP contribution is -2.15. The van der Waals surface area contributed by atoms with Crippen molar-refractivity contribution >= 4 is 11.0 Å². The average molecular weight is 206 g/mol. The number of aliphatic hydroxyl groups excluding tert-OH is 1. The quantitative estimate of drug-likeness (QED) is 0.725. The van der Waals surface area contributed by atoms with Crippen molar-refractivity contribution < 1.29 is 14.6 Å². The molecule has 1 aliphatic rings. The van der Waals surface area contributed by atoms with Gasteiger partial charge in [-0.1, -0.05) is 0 Å². The number of nitrogens with one attached hydrogen (secondary N) is 1. The number of H-pyrrole nitrogens is 1. The molecule has 3 rings (SSSR count). The maximum Gasteiger partial charge on any atom is 0.188 e. The van der Waals surface area contributed by atoms with Crippen LogP contribution < -0.4 is 9.47 Å². The molecule has 0 radical (unpaired) electrons. The lowest BCUT2D eigenvalue weighted by molar-refractivity contribution is 0.173. The second-order valence-corrected chi connectivity index (χ2v) is 3.36. The molecule has 3 heterocycles. The summed E-state index contributed by atoms with van der Waals surface area (Å²) >= 11 is 0. The van der Waals surface area contributed by atoms with Crippen LogP contribution in [-0.2, 0) is 6.61 Å². The first-order valence-electron chi connectivity index (χ1n) is 4.75. The minimum absolute atomic E-state index is 0.0357. The van der Waals surface area contributed by atoms with Crippen molar-refractivity contribution in [2.24, 2.45) is 0 Å². The Kier molecular flexibility index (Phi) is 1.78. The summed E-state index contributed by atoms with van der Waals surface area (Å²) in [5, 5.41) is 9.01. The third-order valence-electron chi connectivity index (χ3n) is 2.38. The first kappa shape index (κ1) is 8.55. The van der Waals surface area contributed by atoms with Gasteiger partial charge < -0.3 is 19.6 Å². The van der Waals surface area contributed by atoms with E-state index < -0.39 is 0 Å². The van der Waals surface area contributed by atoms with E-state index in [0.29, 0.717) is 24.7 Å². The van der Waals surface area contributed by atoms with Crippen LogP contribution in [0.2, 0.25) is 0 Å². The molecule has 0 spiro atoms. The van der Waals surface area contributed by atoms with Gasteiger partial charge in [0.25, 0.3) is 0 Å². The van der Waals surface area contributed by atoms with E-state index >= 15 is 0 Å². The van der Waals surface area contributed by atoms with Crippen molar-refractivity contribution in [2.45, 2.75) is 6.61 Å². The summed E-state index contributed by atoms with van der Waals surface area (Å²) in [6.07, 6.45) is 1.64. The molecule has 15 heavy (non-hydrogen) atoms. The normalized spacial score (nSPS) is 14.5. The van der Waals surface area contributed by atoms with Crippen LogP contribution in [0.15, 0.2) is 12.3 Å². The number of aromatic amines is 1. The predicted octanol–water partition coefficient (Wildman–Crippen LogP) is 0.826. The molecule has 78 valence electrons. The molecule has 5 nitrogen and oxygen atoms in total. The number of hydrogen-bond donors (Lipinski definition) is 2. The van der Waals surface area contributed by atoms with Crippen molar-refractivity contribution in [1.82, 2.24) is 9.97 Å². The summed E-state index contributed by atoms with van der Waals surface area (Å²) in [5.41, 5.74) is 2.29. The van der Waals surface area contributed by atoms with Gasteiger partial charge in [0.2, 0.25) is 0 Å². The first-order chi connectivity index (χ1) is 7.38. The molecule has 0 aliphatic carbocycles. The minimum atomic E-state index is -0.0357. The summed E-state index contributed by atoms with van der Waals surface area (Å²) in [6, 6.07) is 1.80. The van der Waals surface area contributed by atoms with Gasteiger partial charge in [0.1, 0.15) is 18.7 Å². The van der Waals surface area contributed by atoms with Gasteiger partial charge in [0.15, 0.2) is 11.5 Å². The van der Waals surface area contributed by atoms with Crippen LogP contribution in [-0.4, -0.2) is 28.3 Å². The van der Waals surface area contributed by atoms with Crippen LogP contribution in [0.4, 0.5) is 0 Å². The van der Waals surface area contributed by atoms with E-state index in [4.69, 9.17) is 14.6 Å². The summed E-state index contributed by atoms with van der Waals surface area (Å²) in [6.45, 7) is 1.05. The molecule has 0 amide bonds. The Morgan fingerprint density at radius 2 is 2.27 bits per heavy atom. The fourth-order valence-corrected chi connectivity index (χ4v) is 1.71. The Balaban J connectivity index is 2.25. The third-order valence-corrected chi connectivity index (χ3v) is 2.38. The molecular formula is C10H10N2O3. The zero-order valence-corrected chi connectivity index (χ0v) is 7.99. The second-order valence-electron chi connectivity index (χ2n) is 3.36. The molecule has 2 N–H and O–H groups in total. The summed E-state index contributed by atoms with van der Waals surface area (Å²) < 4.78 is 10.9. The average Bonchev–Trinajstić information content (AvgIpc) is 2.72. The third kappa shape index (κ3) is 1.24. The van der Waals surface area contributed by atoms with Crippen molar-refractivity contribution in [2.75, 3.05) is 13.2 Å². The molecule has 1 aliphatic heterocycles. The highest BCUT2D eigenvalue weighted by Gasteiger charge is 2.17. The molecule has 0 saturated carbocycles. The molecule has 0 fully saturated rings. The molecule has 2 aromatic rings. The highest BCUT2D eigenvalue weighted by atomic mass is 16.6. The number of pyridine rings is 1. The van der Waals surface area contributed by atoms with Crippen LogP contribution in [0.1, 0.15) is 5.69 Å². The monoisotopic (exact) mass is 206 g/mol. The Morgan fingerprint density at radius 3 is 3.13 bits per heavy atom. The molecule has 0 saturated heterocycles. The standard InChI is InChI=1S/C10H10N2O3/c13-5-6-3-7-9(12-6)10-8(4-11-7)14-1-2-15-10/h3-4,12-13H,1-2,5H2. The van der Waals surface area contributed by atoms with Gasteiger partial charge in [-0.2, -0.15) is 0 Å². The van der Waals surface area contributed by atoms with Crippen molar-refractivity contribution in [1.29, 1.82) is 0 Å². The second kappa shape index (κ2) is 3.13. The van der Waals surface area contributed by atoms with Gasteiger partial charge in [-0.25, -0.2) is 0 Å². The summed E-state index contributed by atoms with van der Waals surface area (Å²) in [7, 11) is 0. The molecule has 0 atom stereocenters. The maximum atomic E-state index is 9.01. The lowest BCUT2D eigenvalue weighted by atomic mass is 10.3. The van der Waals surface area contributed by atoms with E-state index in [1.54, 1.807) is 12.3 Å². The molecular weight excluding hydrogens is 196 g/mol. The summed E-state index contributed by atoms with van der Waals surface area (Å²) in [5.74, 6) is 1.34. The number of aliphatic hydroxyl groups is 1. The van der Waals surface area contributed by atoms with Crippen molar-refractivity contribution in [3.8, 4) is 11.5 Å². The van der Waals surface area contributed by atoms with Gasteiger partial charge in [-0.15, -0.1) is 0 Å². The van der Waals surface area contributed by atoms with Crippen LogP contribution in [0, 0.1) is 0 Å². The Labute approximate surface area is 85.7 Å². The van der Waals surface area contributed by atoms with Crippen LogP contribution in [0.25, 0.3) is 11.0 Å². The van der Waals surface area contributed by atoms with E-state index in [1.165, 1.54) is 0 Å². The minimum Gasteiger partial charge on any atom is -0.484 e. The largest absolute Gasteiger partial charge is 0.484 e. The SMILES string of the molecule is OCc1cc2ncc3c(c2[nH]1)OCCO3. The number of rotatable bonds is 1. The Bertz CT molecular complexity index is 507. The highest BCUT2D eigenvalue weighted by molar-refractivity contribution is 5.85. The number of hydrogen-bond acceptors (Lipinski definition) is 4.